The number of aryl methyl sites for hydroxylation is 1. The number of nitrogens with zero attached hydrogens (tertiary/aromatic N) is 4. The summed E-state index contributed by atoms with van der Waals surface area (Å²) < 4.78 is 1.86. The molecule has 1 saturated heterocycles. The zero-order valence-electron chi connectivity index (χ0n) is 17.5. The number of carbonyl (C=O) groups is 1. The predicted molar refractivity (Wildman–Crippen MR) is 125 cm³/mol. The lowest BCUT2D eigenvalue weighted by Crippen LogP contribution is -2.23. The molecule has 0 unspecified atom stereocenters. The van der Waals surface area contributed by atoms with Crippen LogP contribution in [0.2, 0.25) is 0 Å². The molecule has 0 radical (unpaired) electrons. The zero-order valence-corrected chi connectivity index (χ0v) is 18.4. The molecule has 0 saturated carbocycles. The number of anilines is 1. The van der Waals surface area contributed by atoms with Crippen molar-refractivity contribution in [2.75, 3.05) is 18.0 Å². The fraction of sp³-hybridized carbons (Fsp3) is 0.292. The van der Waals surface area contributed by atoms with Crippen molar-refractivity contribution in [3.63, 3.8) is 0 Å². The average molecular weight is 432 g/mol. The van der Waals surface area contributed by atoms with Crippen molar-refractivity contribution >= 4 is 34.0 Å². The second-order valence-electron chi connectivity index (χ2n) is 7.97. The molecule has 0 aliphatic carbocycles. The van der Waals surface area contributed by atoms with E-state index in [2.05, 4.69) is 56.0 Å². The average Bonchev–Trinajstić information content (AvgIpc) is 3.55. The Morgan fingerprint density at radius 1 is 1.16 bits per heavy atom. The fourth-order valence-electron chi connectivity index (χ4n) is 4.10. The molecule has 1 N–H and O–H groups in total. The van der Waals surface area contributed by atoms with Crippen LogP contribution in [0.25, 0.3) is 11.0 Å². The van der Waals surface area contributed by atoms with Crippen LogP contribution in [0.3, 0.4) is 0 Å². The number of amides is 1. The minimum atomic E-state index is -0.102. The van der Waals surface area contributed by atoms with Gasteiger partial charge < -0.3 is 10.2 Å². The minimum absolute atomic E-state index is 0.102. The highest BCUT2D eigenvalue weighted by atomic mass is 32.1. The molecular weight excluding hydrogens is 406 g/mol. The molecule has 6 nitrogen and oxygen atoms in total. The molecule has 0 spiro atoms. The van der Waals surface area contributed by atoms with Gasteiger partial charge in [-0.25, -0.2) is 9.67 Å². The summed E-state index contributed by atoms with van der Waals surface area (Å²) in [5, 5.41) is 10.4. The van der Waals surface area contributed by atoms with Crippen molar-refractivity contribution in [2.45, 2.75) is 32.9 Å². The van der Waals surface area contributed by atoms with E-state index in [1.54, 1.807) is 17.5 Å². The van der Waals surface area contributed by atoms with Gasteiger partial charge in [0.2, 0.25) is 0 Å². The highest BCUT2D eigenvalue weighted by molar-refractivity contribution is 7.09. The van der Waals surface area contributed by atoms with Crippen molar-refractivity contribution in [3.05, 3.63) is 75.7 Å². The van der Waals surface area contributed by atoms with Gasteiger partial charge in [-0.15, -0.1) is 11.3 Å². The van der Waals surface area contributed by atoms with Crippen molar-refractivity contribution in [1.82, 2.24) is 20.1 Å². The Hall–Kier alpha value is -3.19. The van der Waals surface area contributed by atoms with Crippen molar-refractivity contribution in [2.24, 2.45) is 0 Å². The normalized spacial score (nSPS) is 13.8. The van der Waals surface area contributed by atoms with Crippen LogP contribution in [0.4, 0.5) is 5.69 Å². The molecule has 4 heterocycles. The number of benzene rings is 1. The van der Waals surface area contributed by atoms with Crippen LogP contribution >= 0.6 is 11.3 Å². The van der Waals surface area contributed by atoms with Gasteiger partial charge in [0.15, 0.2) is 5.65 Å². The molecule has 1 aromatic carbocycles. The molecular formula is C24H25N5OS. The number of carbonyl (C=O) groups excluding carboxylic acids is 1. The van der Waals surface area contributed by atoms with Gasteiger partial charge in [-0.05, 0) is 55.0 Å². The molecule has 3 aromatic heterocycles. The van der Waals surface area contributed by atoms with Gasteiger partial charge in [-0.2, -0.15) is 5.10 Å². The third kappa shape index (κ3) is 4.18. The monoisotopic (exact) mass is 431 g/mol. The van der Waals surface area contributed by atoms with Crippen molar-refractivity contribution in [1.29, 1.82) is 0 Å². The first-order chi connectivity index (χ1) is 15.2. The van der Waals surface area contributed by atoms with Crippen LogP contribution in [0.5, 0.6) is 0 Å². The standard InChI is InChI=1S/C24H25N5OS/c1-17-13-21(22-15-26-29(23(22)27-17)16-20-5-4-12-31-20)24(30)25-14-18-6-8-19(9-7-18)28-10-2-3-11-28/h4-9,12-13,15H,2-3,10-11,14,16H2,1H3,(H,25,30). The number of aromatic nitrogens is 3. The maximum absolute atomic E-state index is 13.0. The summed E-state index contributed by atoms with van der Waals surface area (Å²) in [6.45, 7) is 5.32. The second-order valence-corrected chi connectivity index (χ2v) is 9.01. The van der Waals surface area contributed by atoms with E-state index >= 15 is 0 Å². The summed E-state index contributed by atoms with van der Waals surface area (Å²) in [4.78, 5) is 21.3. The lowest BCUT2D eigenvalue weighted by molar-refractivity contribution is 0.0952. The van der Waals surface area contributed by atoms with Crippen molar-refractivity contribution in [3.8, 4) is 0 Å². The molecule has 5 rings (SSSR count). The highest BCUT2D eigenvalue weighted by Crippen LogP contribution is 2.22. The van der Waals surface area contributed by atoms with E-state index < -0.39 is 0 Å². The zero-order chi connectivity index (χ0) is 21.2. The molecule has 1 amide bonds. The number of fused-ring (bicyclic) bond motifs is 1. The first-order valence-electron chi connectivity index (χ1n) is 10.6. The third-order valence-corrected chi connectivity index (χ3v) is 6.59. The van der Waals surface area contributed by atoms with Gasteiger partial charge in [-0.3, -0.25) is 4.79 Å². The van der Waals surface area contributed by atoms with Gasteiger partial charge in [-0.1, -0.05) is 18.2 Å². The Labute approximate surface area is 185 Å². The molecule has 4 aromatic rings. The Morgan fingerprint density at radius 3 is 2.71 bits per heavy atom. The SMILES string of the molecule is Cc1cc(C(=O)NCc2ccc(N3CCCC3)cc2)c2cnn(Cc3cccs3)c2n1. The van der Waals surface area contributed by atoms with Crippen LogP contribution in [-0.2, 0) is 13.1 Å². The predicted octanol–water partition coefficient (Wildman–Crippen LogP) is 4.38. The first kappa shape index (κ1) is 19.8. The van der Waals surface area contributed by atoms with E-state index in [9.17, 15) is 4.79 Å². The number of nitrogens with one attached hydrogen (secondary N) is 1. The Kier molecular flexibility index (Phi) is 5.42. The third-order valence-electron chi connectivity index (χ3n) is 5.73. The number of thiophene rings is 1. The molecule has 31 heavy (non-hydrogen) atoms. The number of rotatable bonds is 6. The maximum atomic E-state index is 13.0. The molecule has 1 aliphatic rings. The maximum Gasteiger partial charge on any atom is 0.252 e. The molecule has 1 aliphatic heterocycles. The smallest absolute Gasteiger partial charge is 0.252 e. The molecule has 0 bridgehead atoms. The van der Waals surface area contributed by atoms with Gasteiger partial charge in [0, 0.05) is 35.9 Å². The molecule has 0 atom stereocenters. The van der Waals surface area contributed by atoms with Crippen LogP contribution in [0.15, 0.2) is 54.0 Å². The highest BCUT2D eigenvalue weighted by Gasteiger charge is 2.16. The van der Waals surface area contributed by atoms with Crippen LogP contribution in [0, 0.1) is 6.92 Å². The van der Waals surface area contributed by atoms with E-state index in [4.69, 9.17) is 0 Å². The summed E-state index contributed by atoms with van der Waals surface area (Å²) in [7, 11) is 0. The second kappa shape index (κ2) is 8.51. The van der Waals surface area contributed by atoms with Gasteiger partial charge in [0.25, 0.3) is 5.91 Å². The lowest BCUT2D eigenvalue weighted by atomic mass is 10.1. The Morgan fingerprint density at radius 2 is 1.97 bits per heavy atom. The van der Waals surface area contributed by atoms with E-state index in [-0.39, 0.29) is 5.91 Å². The van der Waals surface area contributed by atoms with Gasteiger partial charge in [0.1, 0.15) is 0 Å². The number of hydrogen-bond acceptors (Lipinski definition) is 5. The van der Waals surface area contributed by atoms with E-state index in [0.29, 0.717) is 18.7 Å². The lowest BCUT2D eigenvalue weighted by Gasteiger charge is -2.17. The quantitative estimate of drug-likeness (QED) is 0.492. The van der Waals surface area contributed by atoms with Crippen LogP contribution < -0.4 is 10.2 Å². The summed E-state index contributed by atoms with van der Waals surface area (Å²) in [5.41, 5.74) is 4.52. The Bertz CT molecular complexity index is 1190. The summed E-state index contributed by atoms with van der Waals surface area (Å²) in [5.74, 6) is -0.102. The van der Waals surface area contributed by atoms with Crippen LogP contribution in [0.1, 0.15) is 39.3 Å². The number of pyridine rings is 1. The van der Waals surface area contributed by atoms with Gasteiger partial charge >= 0.3 is 0 Å². The van der Waals surface area contributed by atoms with Crippen molar-refractivity contribution < 1.29 is 4.79 Å². The molecule has 7 heteroatoms. The summed E-state index contributed by atoms with van der Waals surface area (Å²) >= 11 is 1.69. The minimum Gasteiger partial charge on any atom is -0.372 e. The number of hydrogen-bond donors (Lipinski definition) is 1. The Balaban J connectivity index is 1.32. The summed E-state index contributed by atoms with van der Waals surface area (Å²) in [6, 6.07) is 14.4. The first-order valence-corrected chi connectivity index (χ1v) is 11.5. The fourth-order valence-corrected chi connectivity index (χ4v) is 4.79. The van der Waals surface area contributed by atoms with E-state index in [0.717, 1.165) is 35.4 Å². The van der Waals surface area contributed by atoms with E-state index in [1.165, 1.54) is 23.4 Å². The topological polar surface area (TPSA) is 63.1 Å². The molecule has 158 valence electrons. The summed E-state index contributed by atoms with van der Waals surface area (Å²) in [6.07, 6.45) is 4.28. The van der Waals surface area contributed by atoms with Gasteiger partial charge in [0.05, 0.1) is 23.7 Å². The van der Waals surface area contributed by atoms with Crippen LogP contribution in [-0.4, -0.2) is 33.8 Å². The molecule has 1 fully saturated rings. The largest absolute Gasteiger partial charge is 0.372 e. The van der Waals surface area contributed by atoms with E-state index in [1.807, 2.05) is 23.7 Å².